The SMILES string of the molecule is C=CCOCC(C)(F)c1nc(N2C[C@@H](Oc3nc4ccccc4n3[C@H]3CCCC[C@@H]3C)C[C@H]2C)c2oc3ccccc3c2n1.CC(C)(C)OO.[HH]. The van der Waals surface area contributed by atoms with Gasteiger partial charge in [0.2, 0.25) is 0 Å². The van der Waals surface area contributed by atoms with Gasteiger partial charge in [0.1, 0.15) is 17.2 Å². The van der Waals surface area contributed by atoms with Crippen LogP contribution in [0, 0.1) is 5.92 Å². The predicted octanol–water partition coefficient (Wildman–Crippen LogP) is 9.43. The van der Waals surface area contributed by atoms with E-state index in [1.165, 1.54) is 26.2 Å². The van der Waals surface area contributed by atoms with Gasteiger partial charge in [0, 0.05) is 25.3 Å². The number of fused-ring (bicyclic) bond motifs is 4. The van der Waals surface area contributed by atoms with E-state index in [1.807, 2.05) is 30.3 Å². The van der Waals surface area contributed by atoms with Crippen molar-refractivity contribution in [1.82, 2.24) is 19.5 Å². The number of furan rings is 1. The number of aromatic nitrogens is 4. The highest BCUT2D eigenvalue weighted by Crippen LogP contribution is 2.41. The Morgan fingerprint density at radius 3 is 2.50 bits per heavy atom. The quantitative estimate of drug-likeness (QED) is 0.0701. The van der Waals surface area contributed by atoms with Crippen LogP contribution in [0.2, 0.25) is 0 Å². The van der Waals surface area contributed by atoms with Crippen molar-refractivity contribution in [2.75, 3.05) is 24.7 Å². The van der Waals surface area contributed by atoms with Gasteiger partial charge in [0.25, 0.3) is 6.01 Å². The first kappa shape index (κ1) is 35.8. The molecule has 1 N–H and O–H groups in total. The number of hydrogen-bond acceptors (Lipinski definition) is 9. The van der Waals surface area contributed by atoms with Crippen molar-refractivity contribution in [3.05, 3.63) is 67.0 Å². The monoisotopic (exact) mass is 689 g/mol. The van der Waals surface area contributed by atoms with Gasteiger partial charge in [-0.25, -0.2) is 19.2 Å². The van der Waals surface area contributed by atoms with E-state index < -0.39 is 11.3 Å². The minimum absolute atomic E-state index is 0. The molecule has 2 aromatic carbocycles. The highest BCUT2D eigenvalue weighted by Gasteiger charge is 2.38. The molecule has 4 heterocycles. The van der Waals surface area contributed by atoms with Crippen LogP contribution in [-0.4, -0.2) is 62.3 Å². The molecule has 3 aromatic heterocycles. The highest BCUT2D eigenvalue weighted by atomic mass is 19.1. The fourth-order valence-corrected chi connectivity index (χ4v) is 7.02. The van der Waals surface area contributed by atoms with Gasteiger partial charge in [-0.2, -0.15) is 4.98 Å². The summed E-state index contributed by atoms with van der Waals surface area (Å²) in [6.07, 6.45) is 7.04. The summed E-state index contributed by atoms with van der Waals surface area (Å²) in [6.45, 7) is 15.5. The molecule has 2 fully saturated rings. The lowest BCUT2D eigenvalue weighted by atomic mass is 9.85. The zero-order valence-corrected chi connectivity index (χ0v) is 30.1. The minimum atomic E-state index is -1.91. The largest absolute Gasteiger partial charge is 0.459 e. The molecule has 0 spiro atoms. The van der Waals surface area contributed by atoms with Gasteiger partial charge in [-0.15, -0.1) is 6.58 Å². The number of benzene rings is 2. The average molecular weight is 690 g/mol. The molecule has 0 amide bonds. The lowest BCUT2D eigenvalue weighted by Gasteiger charge is -2.31. The van der Waals surface area contributed by atoms with Crippen LogP contribution in [0.1, 0.15) is 86.9 Å². The average Bonchev–Trinajstić information content (AvgIpc) is 3.77. The normalized spacial score (nSPS) is 22.4. The molecule has 0 bridgehead atoms. The van der Waals surface area contributed by atoms with Crippen LogP contribution in [-0.2, 0) is 15.3 Å². The maximum Gasteiger partial charge on any atom is 0.297 e. The predicted molar refractivity (Wildman–Crippen MR) is 197 cm³/mol. The Bertz CT molecular complexity index is 1940. The van der Waals surface area contributed by atoms with Crippen LogP contribution in [0.25, 0.3) is 33.1 Å². The second-order valence-electron chi connectivity index (χ2n) is 14.9. The van der Waals surface area contributed by atoms with Gasteiger partial charge < -0.3 is 18.8 Å². The Kier molecular flexibility index (Phi) is 10.5. The molecule has 270 valence electrons. The Balaban J connectivity index is 0.000000665. The Morgan fingerprint density at radius 1 is 1.04 bits per heavy atom. The number of anilines is 1. The van der Waals surface area contributed by atoms with Crippen LogP contribution >= 0.6 is 0 Å². The van der Waals surface area contributed by atoms with E-state index in [2.05, 4.69) is 53.0 Å². The molecule has 1 saturated heterocycles. The number of imidazole rings is 1. The topological polar surface area (TPSA) is 108 Å². The van der Waals surface area contributed by atoms with Crippen LogP contribution in [0.5, 0.6) is 6.01 Å². The molecular weight excluding hydrogens is 637 g/mol. The minimum Gasteiger partial charge on any atom is -0.459 e. The van der Waals surface area contributed by atoms with Gasteiger partial charge in [-0.1, -0.05) is 50.1 Å². The second kappa shape index (κ2) is 14.7. The third-order valence-electron chi connectivity index (χ3n) is 9.59. The van der Waals surface area contributed by atoms with E-state index >= 15 is 4.39 Å². The Hall–Kier alpha value is -4.06. The number of hydrogen-bond donors (Lipinski definition) is 1. The molecular formula is C39H52FN5O5. The zero-order chi connectivity index (χ0) is 35.6. The summed E-state index contributed by atoms with van der Waals surface area (Å²) < 4.78 is 37.0. The van der Waals surface area contributed by atoms with Crippen molar-refractivity contribution in [2.45, 2.75) is 103 Å². The molecule has 1 aliphatic carbocycles. The van der Waals surface area contributed by atoms with Crippen molar-refractivity contribution in [2.24, 2.45) is 5.92 Å². The Morgan fingerprint density at radius 2 is 1.76 bits per heavy atom. The summed E-state index contributed by atoms with van der Waals surface area (Å²) in [5.74, 6) is 1.19. The fraction of sp³-hybridized carbons (Fsp3) is 0.513. The standard InChI is InChI=1S/C35H40FN5O3.C4H10O2.H2/c1-5-18-42-21-35(4,36)33-38-30-25-13-7-11-17-29(25)44-31(30)32(39-33)40-20-24(19-23(40)3)43-34-37-26-14-8-10-16-28(26)41(34)27-15-9-6-12-22(27)2;1-4(2,3)6-5;/h5,7-8,10-11,13-14,16-17,22-24,27H,1,6,9,12,15,18-21H2,2-4H3;5H,1-3H3;1H/t22-,23+,24-,27-,35?;;/m0../s1. The van der Waals surface area contributed by atoms with Gasteiger partial charge in [0.05, 0.1) is 36.4 Å². The number of ether oxygens (including phenoxy) is 2. The first-order valence-corrected chi connectivity index (χ1v) is 17.7. The first-order chi connectivity index (χ1) is 23.9. The highest BCUT2D eigenvalue weighted by molar-refractivity contribution is 6.05. The van der Waals surface area contributed by atoms with Gasteiger partial charge in [-0.3, -0.25) is 9.82 Å². The van der Waals surface area contributed by atoms with Crippen LogP contribution in [0.4, 0.5) is 10.2 Å². The number of alkyl halides is 1. The van der Waals surface area contributed by atoms with Gasteiger partial charge in [0.15, 0.2) is 22.9 Å². The van der Waals surface area contributed by atoms with Crippen molar-refractivity contribution in [3.63, 3.8) is 0 Å². The van der Waals surface area contributed by atoms with E-state index in [0.29, 0.717) is 47.0 Å². The zero-order valence-electron chi connectivity index (χ0n) is 30.1. The molecule has 2 aliphatic rings. The molecule has 7 rings (SSSR count). The number of rotatable bonds is 9. The third kappa shape index (κ3) is 7.50. The van der Waals surface area contributed by atoms with Crippen molar-refractivity contribution < 1.29 is 29.9 Å². The van der Waals surface area contributed by atoms with E-state index in [1.54, 1.807) is 26.8 Å². The summed E-state index contributed by atoms with van der Waals surface area (Å²) in [5.41, 5.74) is 1.59. The number of para-hydroxylation sites is 3. The molecule has 1 aliphatic heterocycles. The molecule has 0 radical (unpaired) electrons. The van der Waals surface area contributed by atoms with E-state index in [9.17, 15) is 0 Å². The smallest absolute Gasteiger partial charge is 0.297 e. The van der Waals surface area contributed by atoms with Crippen LogP contribution in [0.15, 0.2) is 65.6 Å². The summed E-state index contributed by atoms with van der Waals surface area (Å²) in [7, 11) is 0. The van der Waals surface area contributed by atoms with Crippen molar-refractivity contribution in [3.8, 4) is 6.01 Å². The summed E-state index contributed by atoms with van der Waals surface area (Å²) in [4.78, 5) is 20.6. The molecule has 1 unspecified atom stereocenters. The lowest BCUT2D eigenvalue weighted by Crippen LogP contribution is -2.32. The third-order valence-corrected chi connectivity index (χ3v) is 9.59. The van der Waals surface area contributed by atoms with Crippen LogP contribution in [0.3, 0.4) is 0 Å². The summed E-state index contributed by atoms with van der Waals surface area (Å²) in [5, 5.41) is 8.73. The Labute approximate surface area is 294 Å². The van der Waals surface area contributed by atoms with Gasteiger partial charge in [-0.05, 0) is 77.6 Å². The summed E-state index contributed by atoms with van der Waals surface area (Å²) in [6, 6.07) is 17.1. The summed E-state index contributed by atoms with van der Waals surface area (Å²) >= 11 is 0. The molecule has 11 heteroatoms. The fourth-order valence-electron chi connectivity index (χ4n) is 7.02. The lowest BCUT2D eigenvalue weighted by molar-refractivity contribution is -0.306. The maximum atomic E-state index is 16.1. The molecule has 5 atom stereocenters. The second-order valence-corrected chi connectivity index (χ2v) is 14.9. The van der Waals surface area contributed by atoms with Crippen LogP contribution < -0.4 is 9.64 Å². The number of halogens is 1. The van der Waals surface area contributed by atoms with E-state index in [4.69, 9.17) is 34.1 Å². The molecule has 50 heavy (non-hydrogen) atoms. The van der Waals surface area contributed by atoms with Crippen molar-refractivity contribution >= 4 is 38.9 Å². The molecule has 10 nitrogen and oxygen atoms in total. The van der Waals surface area contributed by atoms with E-state index in [-0.39, 0.29) is 32.6 Å². The number of nitrogens with zero attached hydrogens (tertiary/aromatic N) is 5. The molecule has 5 aromatic rings. The maximum absolute atomic E-state index is 16.1. The van der Waals surface area contributed by atoms with Gasteiger partial charge >= 0.3 is 0 Å². The first-order valence-electron chi connectivity index (χ1n) is 17.7. The van der Waals surface area contributed by atoms with E-state index in [0.717, 1.165) is 29.3 Å². The van der Waals surface area contributed by atoms with Crippen molar-refractivity contribution in [1.29, 1.82) is 0 Å². The molecule has 1 saturated carbocycles.